The summed E-state index contributed by atoms with van der Waals surface area (Å²) in [7, 11) is 0. The maximum absolute atomic E-state index is 3.36. The maximum Gasteiger partial charge on any atom is -0.147 e. The molecule has 0 radical (unpaired) electrons. The van der Waals surface area contributed by atoms with Gasteiger partial charge in [0.2, 0.25) is 0 Å². The van der Waals surface area contributed by atoms with Gasteiger partial charge in [-0.25, -0.2) is 0 Å². The molecule has 0 aliphatic heterocycles. The van der Waals surface area contributed by atoms with Crippen molar-refractivity contribution in [2.24, 2.45) is 0 Å². The van der Waals surface area contributed by atoms with Crippen LogP contribution in [0.2, 0.25) is 9.26 Å². The van der Waals surface area contributed by atoms with Gasteiger partial charge in [-0.3, -0.25) is 0 Å². The Balaban J connectivity index is 0.00000204. The van der Waals surface area contributed by atoms with Crippen LogP contribution >= 0.6 is 24.8 Å². The third-order valence-corrected chi connectivity index (χ3v) is 26.0. The van der Waals surface area contributed by atoms with Gasteiger partial charge in [0, 0.05) is 0 Å². The second-order valence-corrected chi connectivity index (χ2v) is 42.4. The molecule has 186 valence electrons. The van der Waals surface area contributed by atoms with Crippen LogP contribution in [0.4, 0.5) is 0 Å². The van der Waals surface area contributed by atoms with Crippen LogP contribution in [0.3, 0.4) is 0 Å². The molecular formula is C30H44Cl2SiZr. The molecule has 4 heteroatoms. The largest absolute Gasteiger partial charge is 0.147 e. The summed E-state index contributed by atoms with van der Waals surface area (Å²) >= 11 is -3.36. The average Bonchev–Trinajstić information content (AvgIpc) is 3.19. The summed E-state index contributed by atoms with van der Waals surface area (Å²) in [5.74, 6) is 0. The molecular weight excluding hydrogens is 551 g/mol. The van der Waals surface area contributed by atoms with E-state index in [9.17, 15) is 0 Å². The Labute approximate surface area is 223 Å². The summed E-state index contributed by atoms with van der Waals surface area (Å²) in [6.45, 7) is 16.5. The van der Waals surface area contributed by atoms with Crippen molar-refractivity contribution in [3.63, 3.8) is 0 Å². The third kappa shape index (κ3) is 4.91. The third-order valence-electron chi connectivity index (χ3n) is 8.10. The predicted octanol–water partition coefficient (Wildman–Crippen LogP) is 9.00. The number of aryl methyl sites for hydroxylation is 4. The molecule has 2 aromatic carbocycles. The van der Waals surface area contributed by atoms with E-state index in [1.54, 1.807) is 44.5 Å². The first-order chi connectivity index (χ1) is 15.0. The van der Waals surface area contributed by atoms with E-state index < -0.39 is 17.4 Å². The molecule has 0 saturated carbocycles. The molecule has 0 heterocycles. The second-order valence-electron chi connectivity index (χ2n) is 11.9. The maximum atomic E-state index is 2.76. The first-order valence-corrected chi connectivity index (χ1v) is 26.3. The molecule has 2 aromatic rings. The molecule has 0 aromatic heterocycles. The van der Waals surface area contributed by atoms with E-state index in [1.807, 2.05) is 0 Å². The van der Waals surface area contributed by atoms with E-state index in [0.29, 0.717) is 7.25 Å². The van der Waals surface area contributed by atoms with Crippen molar-refractivity contribution in [3.05, 3.63) is 79.9 Å². The fourth-order valence-corrected chi connectivity index (χ4v) is 28.6. The van der Waals surface area contributed by atoms with Crippen LogP contribution in [0.25, 0.3) is 12.2 Å². The summed E-state index contributed by atoms with van der Waals surface area (Å²) in [6, 6.07) is 9.96. The van der Waals surface area contributed by atoms with Gasteiger partial charge in [-0.1, -0.05) is 0 Å². The predicted molar refractivity (Wildman–Crippen MR) is 158 cm³/mol. The summed E-state index contributed by atoms with van der Waals surface area (Å²) < 4.78 is 6.79. The molecule has 34 heavy (non-hydrogen) atoms. The molecule has 0 amide bonds. The summed E-state index contributed by atoms with van der Waals surface area (Å²) in [4.78, 5) is 0. The number of hydrogen-bond donors (Lipinski definition) is 0. The van der Waals surface area contributed by atoms with Gasteiger partial charge in [0.25, 0.3) is 0 Å². The zero-order valence-electron chi connectivity index (χ0n) is 22.5. The van der Waals surface area contributed by atoms with Gasteiger partial charge < -0.3 is 0 Å². The van der Waals surface area contributed by atoms with Crippen molar-refractivity contribution in [2.45, 2.75) is 83.7 Å². The molecule has 0 fully saturated rings. The Kier molecular flexibility index (Phi) is 9.24. The second kappa shape index (κ2) is 10.5. The Morgan fingerprint density at radius 1 is 0.676 bits per heavy atom. The van der Waals surface area contributed by atoms with Crippen LogP contribution < -0.4 is 0 Å². The number of halogens is 2. The normalized spacial score (nSPS) is 19.0. The fraction of sp³-hybridized carbons (Fsp3) is 0.467. The minimum absolute atomic E-state index is 0. The molecule has 0 N–H and O–H groups in total. The first kappa shape index (κ1) is 29.8. The van der Waals surface area contributed by atoms with Gasteiger partial charge in [-0.2, -0.15) is 0 Å². The van der Waals surface area contributed by atoms with Gasteiger partial charge in [0.05, 0.1) is 0 Å². The van der Waals surface area contributed by atoms with Crippen molar-refractivity contribution >= 4 is 43.8 Å². The average molecular weight is 595 g/mol. The molecule has 2 atom stereocenters. The smallest absolute Gasteiger partial charge is 0.147 e. The van der Waals surface area contributed by atoms with E-state index in [4.69, 9.17) is 0 Å². The number of benzene rings is 2. The number of allylic oxidation sites excluding steroid dienone is 2. The summed E-state index contributed by atoms with van der Waals surface area (Å²) in [5.41, 5.74) is 15.7. The molecule has 2 unspecified atom stereocenters. The van der Waals surface area contributed by atoms with E-state index >= 15 is 0 Å². The van der Waals surface area contributed by atoms with Crippen LogP contribution in [0.15, 0.2) is 35.4 Å². The minimum atomic E-state index is -3.36. The van der Waals surface area contributed by atoms with Gasteiger partial charge in [-0.15, -0.1) is 24.8 Å². The Hall–Kier alpha value is -0.400. The summed E-state index contributed by atoms with van der Waals surface area (Å²) in [6.07, 6.45) is 9.93. The van der Waals surface area contributed by atoms with Crippen molar-refractivity contribution in [2.75, 3.05) is 0 Å². The molecule has 4 rings (SSSR count). The van der Waals surface area contributed by atoms with Crippen molar-refractivity contribution in [3.8, 4) is 0 Å². The molecule has 0 saturated heterocycles. The topological polar surface area (TPSA) is 0 Å². The van der Waals surface area contributed by atoms with E-state index in [-0.39, 0.29) is 24.8 Å². The van der Waals surface area contributed by atoms with Crippen LogP contribution in [-0.2, 0) is 30.2 Å². The Morgan fingerprint density at radius 3 is 1.35 bits per heavy atom. The zero-order valence-corrected chi connectivity index (χ0v) is 28.0. The van der Waals surface area contributed by atoms with Gasteiger partial charge in [0.15, 0.2) is 0 Å². The molecule has 0 bridgehead atoms. The van der Waals surface area contributed by atoms with Crippen molar-refractivity contribution < 1.29 is 17.4 Å². The molecule has 0 nitrogen and oxygen atoms in total. The fourth-order valence-electron chi connectivity index (χ4n) is 7.38. The number of fused-ring (bicyclic) bond motifs is 2. The van der Waals surface area contributed by atoms with Gasteiger partial charge in [0.1, 0.15) is 0 Å². The monoisotopic (exact) mass is 592 g/mol. The first-order valence-electron chi connectivity index (χ1n) is 12.7. The Bertz CT molecular complexity index is 1140. The minimum Gasteiger partial charge on any atom is -0.147 e. The SMILES string of the molecule is CCCc1cc(C)cc2c1C=C(C)[CH]2[Zr]([CH3])([CH3])(=[SiH2])[CH]1C(C)=Cc2c(CCC)cc(C)cc21.Cl.Cl. The van der Waals surface area contributed by atoms with E-state index in [1.165, 1.54) is 36.8 Å². The Morgan fingerprint density at radius 2 is 1.03 bits per heavy atom. The quantitative estimate of drug-likeness (QED) is 0.293. The van der Waals surface area contributed by atoms with E-state index in [2.05, 4.69) is 94.1 Å². The van der Waals surface area contributed by atoms with Crippen LogP contribution in [0, 0.1) is 13.8 Å². The van der Waals surface area contributed by atoms with E-state index in [0.717, 1.165) is 0 Å². The van der Waals surface area contributed by atoms with Gasteiger partial charge >= 0.3 is 200 Å². The molecule has 2 aliphatic rings. The van der Waals surface area contributed by atoms with Crippen molar-refractivity contribution in [1.29, 1.82) is 0 Å². The standard InChI is InChI=1S/2C14H17.2CH3.2ClH.H2Si.Zr/c2*1-4-5-12-6-10(2)7-13-8-11(3)9-14(12)13;;;;;;/h2*6-9H,4-5H2,1-3H3;2*1H3;2*1H;1H2;. The number of rotatable bonds is 6. The zero-order chi connectivity index (χ0) is 23.4. The van der Waals surface area contributed by atoms with Crippen LogP contribution in [0.5, 0.6) is 0 Å². The summed E-state index contributed by atoms with van der Waals surface area (Å²) in [5, 5.41) is 0. The number of hydrogen-bond acceptors (Lipinski definition) is 0. The molecule has 0 spiro atoms. The van der Waals surface area contributed by atoms with Gasteiger partial charge in [-0.05, 0) is 0 Å². The van der Waals surface area contributed by atoms with Crippen LogP contribution in [0.1, 0.15) is 92.3 Å². The van der Waals surface area contributed by atoms with Crippen molar-refractivity contribution in [1.82, 2.24) is 0 Å². The molecule has 2 aliphatic carbocycles. The van der Waals surface area contributed by atoms with Crippen LogP contribution in [-0.4, -0.2) is 6.88 Å².